The fourth-order valence-corrected chi connectivity index (χ4v) is 4.55. The van der Waals surface area contributed by atoms with E-state index in [1.165, 1.54) is 24.0 Å². The molecule has 0 unspecified atom stereocenters. The molecule has 6 heteroatoms. The number of aryl methyl sites for hydroxylation is 1. The standard InChI is InChI=1S/C25H34N4O2/c1-24(2,3)31-23(30)29-15-13-28(14-16-29)22-26-12-10-21(27-22)19-8-9-20-18(17-19)7-6-11-25(20,4)5/h8-10,12,17H,6-7,11,13-16H2,1-5H3. The average Bonchev–Trinajstić information content (AvgIpc) is 2.72. The molecule has 4 rings (SSSR count). The molecule has 1 aliphatic heterocycles. The Morgan fingerprint density at radius 1 is 1.10 bits per heavy atom. The Morgan fingerprint density at radius 3 is 2.55 bits per heavy atom. The molecule has 1 fully saturated rings. The number of amides is 1. The molecule has 2 heterocycles. The molecule has 0 spiro atoms. The van der Waals surface area contributed by atoms with Crippen molar-refractivity contribution in [3.63, 3.8) is 0 Å². The van der Waals surface area contributed by atoms with Crippen molar-refractivity contribution in [3.05, 3.63) is 41.6 Å². The molecule has 1 amide bonds. The lowest BCUT2D eigenvalue weighted by atomic mass is 9.72. The van der Waals surface area contributed by atoms with Gasteiger partial charge in [-0.25, -0.2) is 14.8 Å². The summed E-state index contributed by atoms with van der Waals surface area (Å²) >= 11 is 0. The lowest BCUT2D eigenvalue weighted by Gasteiger charge is -2.35. The third-order valence-corrected chi connectivity index (χ3v) is 6.24. The highest BCUT2D eigenvalue weighted by Crippen LogP contribution is 2.38. The van der Waals surface area contributed by atoms with Gasteiger partial charge in [0.15, 0.2) is 0 Å². The van der Waals surface area contributed by atoms with Crippen molar-refractivity contribution in [2.75, 3.05) is 31.1 Å². The highest BCUT2D eigenvalue weighted by atomic mass is 16.6. The van der Waals surface area contributed by atoms with E-state index in [0.717, 1.165) is 23.6 Å². The Kier molecular flexibility index (Phi) is 5.67. The van der Waals surface area contributed by atoms with Crippen LogP contribution in [0.1, 0.15) is 58.6 Å². The minimum absolute atomic E-state index is 0.247. The van der Waals surface area contributed by atoms with Gasteiger partial charge in [-0.2, -0.15) is 0 Å². The van der Waals surface area contributed by atoms with Crippen molar-refractivity contribution in [2.45, 2.75) is 64.9 Å². The van der Waals surface area contributed by atoms with Crippen LogP contribution in [0.25, 0.3) is 11.3 Å². The van der Waals surface area contributed by atoms with Crippen LogP contribution in [0.5, 0.6) is 0 Å². The Bertz CT molecular complexity index is 956. The predicted molar refractivity (Wildman–Crippen MR) is 123 cm³/mol. The first kappa shape index (κ1) is 21.6. The summed E-state index contributed by atoms with van der Waals surface area (Å²) in [5, 5.41) is 0. The van der Waals surface area contributed by atoms with Crippen molar-refractivity contribution < 1.29 is 9.53 Å². The van der Waals surface area contributed by atoms with E-state index in [1.807, 2.05) is 33.0 Å². The predicted octanol–water partition coefficient (Wildman–Crippen LogP) is 4.81. The number of carbonyl (C=O) groups is 1. The molecule has 0 saturated carbocycles. The van der Waals surface area contributed by atoms with Gasteiger partial charge in [-0.3, -0.25) is 0 Å². The topological polar surface area (TPSA) is 58.6 Å². The molecule has 31 heavy (non-hydrogen) atoms. The first-order valence-corrected chi connectivity index (χ1v) is 11.3. The zero-order valence-corrected chi connectivity index (χ0v) is 19.4. The highest BCUT2D eigenvalue weighted by Gasteiger charge is 2.28. The molecule has 2 aromatic rings. The molecule has 1 saturated heterocycles. The second kappa shape index (κ2) is 8.13. The van der Waals surface area contributed by atoms with Gasteiger partial charge in [0.05, 0.1) is 5.69 Å². The first-order valence-electron chi connectivity index (χ1n) is 11.3. The van der Waals surface area contributed by atoms with Crippen molar-refractivity contribution in [1.29, 1.82) is 0 Å². The molecule has 1 aliphatic carbocycles. The van der Waals surface area contributed by atoms with E-state index < -0.39 is 5.60 Å². The third-order valence-electron chi connectivity index (χ3n) is 6.24. The van der Waals surface area contributed by atoms with Crippen molar-refractivity contribution >= 4 is 12.0 Å². The number of hydrogen-bond acceptors (Lipinski definition) is 5. The summed E-state index contributed by atoms with van der Waals surface area (Å²) in [6.45, 7) is 13.0. The minimum atomic E-state index is -0.476. The fraction of sp³-hybridized carbons (Fsp3) is 0.560. The van der Waals surface area contributed by atoms with Crippen LogP contribution in [0.4, 0.5) is 10.7 Å². The van der Waals surface area contributed by atoms with Gasteiger partial charge in [0.2, 0.25) is 5.95 Å². The van der Waals surface area contributed by atoms with Crippen LogP contribution in [-0.4, -0.2) is 52.7 Å². The molecule has 1 aromatic carbocycles. The third kappa shape index (κ3) is 4.83. The zero-order chi connectivity index (χ0) is 22.2. The molecule has 1 aromatic heterocycles. The van der Waals surface area contributed by atoms with Gasteiger partial charge in [0.25, 0.3) is 0 Å². The minimum Gasteiger partial charge on any atom is -0.444 e. The van der Waals surface area contributed by atoms with E-state index in [4.69, 9.17) is 9.72 Å². The molecule has 0 radical (unpaired) electrons. The van der Waals surface area contributed by atoms with Gasteiger partial charge in [-0.15, -0.1) is 0 Å². The number of hydrogen-bond donors (Lipinski definition) is 0. The number of nitrogens with zero attached hydrogens (tertiary/aromatic N) is 4. The Hall–Kier alpha value is -2.63. The number of rotatable bonds is 2. The largest absolute Gasteiger partial charge is 0.444 e. The Labute approximate surface area is 185 Å². The molecule has 0 bridgehead atoms. The van der Waals surface area contributed by atoms with Crippen LogP contribution in [0.15, 0.2) is 30.5 Å². The summed E-state index contributed by atoms with van der Waals surface area (Å²) < 4.78 is 5.49. The number of anilines is 1. The van der Waals surface area contributed by atoms with Crippen LogP contribution in [0.2, 0.25) is 0 Å². The van der Waals surface area contributed by atoms with E-state index in [0.29, 0.717) is 26.2 Å². The number of fused-ring (bicyclic) bond motifs is 1. The van der Waals surface area contributed by atoms with E-state index in [-0.39, 0.29) is 11.5 Å². The van der Waals surface area contributed by atoms with E-state index in [1.54, 1.807) is 4.90 Å². The molecular formula is C25H34N4O2. The molecule has 0 atom stereocenters. The lowest BCUT2D eigenvalue weighted by molar-refractivity contribution is 0.0240. The number of piperazine rings is 1. The summed E-state index contributed by atoms with van der Waals surface area (Å²) in [5.41, 5.74) is 4.78. The number of aromatic nitrogens is 2. The van der Waals surface area contributed by atoms with Crippen molar-refractivity contribution in [2.24, 2.45) is 0 Å². The summed E-state index contributed by atoms with van der Waals surface area (Å²) in [7, 11) is 0. The van der Waals surface area contributed by atoms with Gasteiger partial charge in [0, 0.05) is 37.9 Å². The maximum atomic E-state index is 12.3. The van der Waals surface area contributed by atoms with E-state index in [2.05, 4.69) is 41.9 Å². The van der Waals surface area contributed by atoms with Crippen LogP contribution >= 0.6 is 0 Å². The summed E-state index contributed by atoms with van der Waals surface area (Å²) in [6.07, 6.45) is 5.20. The molecule has 0 N–H and O–H groups in total. The Balaban J connectivity index is 1.47. The normalized spacial score (nSPS) is 18.5. The smallest absolute Gasteiger partial charge is 0.410 e. The van der Waals surface area contributed by atoms with Gasteiger partial charge in [-0.1, -0.05) is 26.0 Å². The quantitative estimate of drug-likeness (QED) is 0.695. The Morgan fingerprint density at radius 2 is 1.84 bits per heavy atom. The summed E-state index contributed by atoms with van der Waals surface area (Å²) in [5.74, 6) is 0.722. The van der Waals surface area contributed by atoms with Crippen molar-refractivity contribution in [1.82, 2.24) is 14.9 Å². The second-order valence-corrected chi connectivity index (χ2v) is 10.3. The van der Waals surface area contributed by atoms with Gasteiger partial charge >= 0.3 is 6.09 Å². The maximum Gasteiger partial charge on any atom is 0.410 e. The van der Waals surface area contributed by atoms with Gasteiger partial charge in [-0.05, 0) is 68.7 Å². The maximum absolute atomic E-state index is 12.3. The molecule has 6 nitrogen and oxygen atoms in total. The summed E-state index contributed by atoms with van der Waals surface area (Å²) in [4.78, 5) is 25.6. The monoisotopic (exact) mass is 422 g/mol. The average molecular weight is 423 g/mol. The lowest BCUT2D eigenvalue weighted by Crippen LogP contribution is -2.50. The number of ether oxygens (including phenoxy) is 1. The number of carbonyl (C=O) groups excluding carboxylic acids is 1. The SMILES string of the molecule is CC(C)(C)OC(=O)N1CCN(c2nccc(-c3ccc4c(c3)CCCC4(C)C)n2)CC1. The van der Waals surface area contributed by atoms with Crippen LogP contribution in [0.3, 0.4) is 0 Å². The summed E-state index contributed by atoms with van der Waals surface area (Å²) in [6, 6.07) is 8.77. The van der Waals surface area contributed by atoms with Crippen molar-refractivity contribution in [3.8, 4) is 11.3 Å². The zero-order valence-electron chi connectivity index (χ0n) is 19.4. The first-order chi connectivity index (χ1) is 14.6. The molecule has 2 aliphatic rings. The van der Waals surface area contributed by atoms with Crippen LogP contribution < -0.4 is 4.90 Å². The molecule has 166 valence electrons. The molecular weight excluding hydrogens is 388 g/mol. The fourth-order valence-electron chi connectivity index (χ4n) is 4.55. The van der Waals surface area contributed by atoms with Crippen LogP contribution in [-0.2, 0) is 16.6 Å². The highest BCUT2D eigenvalue weighted by molar-refractivity contribution is 5.68. The van der Waals surface area contributed by atoms with Gasteiger partial charge < -0.3 is 14.5 Å². The van der Waals surface area contributed by atoms with E-state index in [9.17, 15) is 4.79 Å². The van der Waals surface area contributed by atoms with E-state index >= 15 is 0 Å². The second-order valence-electron chi connectivity index (χ2n) is 10.3. The van der Waals surface area contributed by atoms with Gasteiger partial charge in [0.1, 0.15) is 5.60 Å². The van der Waals surface area contributed by atoms with Crippen LogP contribution in [0, 0.1) is 0 Å². The number of benzene rings is 1.